The van der Waals surface area contributed by atoms with Gasteiger partial charge in [0.25, 0.3) is 0 Å². The lowest BCUT2D eigenvalue weighted by Crippen LogP contribution is -2.36. The number of nitrogens with zero attached hydrogens (tertiary/aromatic N) is 1. The van der Waals surface area contributed by atoms with Crippen LogP contribution in [0.15, 0.2) is 29.3 Å². The molecular formula is C25H42N2O2. The smallest absolute Gasteiger partial charge is 0.247 e. The lowest BCUT2D eigenvalue weighted by Gasteiger charge is -2.10. The van der Waals surface area contributed by atoms with Gasteiger partial charge in [-0.2, -0.15) is 0 Å². The molecule has 1 amide bonds. The summed E-state index contributed by atoms with van der Waals surface area (Å²) >= 11 is 0. The maximum atomic E-state index is 12.2. The quantitative estimate of drug-likeness (QED) is 0.263. The highest BCUT2D eigenvalue weighted by Crippen LogP contribution is 2.11. The number of rotatable bonds is 17. The Morgan fingerprint density at radius 2 is 1.45 bits per heavy atom. The normalized spacial score (nSPS) is 12.4. The van der Waals surface area contributed by atoms with Crippen LogP contribution in [0.1, 0.15) is 95.1 Å². The monoisotopic (exact) mass is 402 g/mol. The molecule has 1 rings (SSSR count). The van der Waals surface area contributed by atoms with E-state index >= 15 is 0 Å². The number of aryl methyl sites for hydroxylation is 1. The minimum absolute atomic E-state index is 0.195. The summed E-state index contributed by atoms with van der Waals surface area (Å²) in [5, 5.41) is 12.3. The molecule has 0 heterocycles. The van der Waals surface area contributed by atoms with E-state index in [4.69, 9.17) is 0 Å². The summed E-state index contributed by atoms with van der Waals surface area (Å²) in [6.07, 6.45) is 17.3. The minimum atomic E-state index is -0.728. The molecule has 0 spiro atoms. The van der Waals surface area contributed by atoms with Crippen LogP contribution in [-0.2, 0) is 4.79 Å². The number of unbranched alkanes of at least 4 members (excludes halogenated alkanes) is 11. The molecule has 1 atom stereocenters. The van der Waals surface area contributed by atoms with Gasteiger partial charge in [-0.25, -0.2) is 0 Å². The molecule has 0 aliphatic rings. The van der Waals surface area contributed by atoms with Crippen LogP contribution in [0.3, 0.4) is 0 Å². The number of hydrogen-bond donors (Lipinski definition) is 2. The Balaban J connectivity index is 2.04. The van der Waals surface area contributed by atoms with E-state index in [1.165, 1.54) is 69.8 Å². The molecule has 1 aromatic rings. The molecule has 0 aromatic heterocycles. The molecule has 0 aliphatic carbocycles. The predicted octanol–water partition coefficient (Wildman–Crippen LogP) is 5.59. The Hall–Kier alpha value is -1.68. The van der Waals surface area contributed by atoms with E-state index < -0.39 is 6.04 Å². The average Bonchev–Trinajstić information content (AvgIpc) is 2.73. The number of hydrogen-bond acceptors (Lipinski definition) is 3. The standard InChI is InChI=1S/C25H42N2O2/c1-3-4-5-6-7-8-9-10-11-12-13-14-19-26-25(29)24(21-28)27-20-23-17-15-22(2)16-18-23/h15-18,20,24,28H,3-14,19,21H2,1-2H3,(H,26,29). The number of benzene rings is 1. The maximum absolute atomic E-state index is 12.2. The second-order valence-electron chi connectivity index (χ2n) is 8.07. The summed E-state index contributed by atoms with van der Waals surface area (Å²) < 4.78 is 0. The van der Waals surface area contributed by atoms with Gasteiger partial charge in [-0.3, -0.25) is 9.79 Å². The minimum Gasteiger partial charge on any atom is -0.394 e. The first-order valence-electron chi connectivity index (χ1n) is 11.7. The number of aliphatic hydroxyl groups is 1. The lowest BCUT2D eigenvalue weighted by atomic mass is 10.1. The Morgan fingerprint density at radius 1 is 0.931 bits per heavy atom. The summed E-state index contributed by atoms with van der Waals surface area (Å²) in [6.45, 7) is 4.68. The van der Waals surface area contributed by atoms with Gasteiger partial charge in [0.2, 0.25) is 5.91 Å². The van der Waals surface area contributed by atoms with Crippen molar-refractivity contribution in [3.05, 3.63) is 35.4 Å². The zero-order chi connectivity index (χ0) is 21.2. The fourth-order valence-corrected chi connectivity index (χ4v) is 3.32. The van der Waals surface area contributed by atoms with Crippen molar-refractivity contribution in [3.8, 4) is 0 Å². The molecule has 0 saturated heterocycles. The molecule has 29 heavy (non-hydrogen) atoms. The molecule has 1 unspecified atom stereocenters. The van der Waals surface area contributed by atoms with Crippen LogP contribution in [0.2, 0.25) is 0 Å². The Morgan fingerprint density at radius 3 is 1.97 bits per heavy atom. The van der Waals surface area contributed by atoms with Crippen molar-refractivity contribution in [2.45, 2.75) is 96.9 Å². The van der Waals surface area contributed by atoms with E-state index in [0.717, 1.165) is 18.4 Å². The number of carbonyl (C=O) groups excluding carboxylic acids is 1. The second-order valence-corrected chi connectivity index (χ2v) is 8.07. The Kier molecular flexibility index (Phi) is 15.0. The van der Waals surface area contributed by atoms with Crippen molar-refractivity contribution >= 4 is 12.1 Å². The molecular weight excluding hydrogens is 360 g/mol. The van der Waals surface area contributed by atoms with Gasteiger partial charge in [-0.15, -0.1) is 0 Å². The van der Waals surface area contributed by atoms with Crippen molar-refractivity contribution in [2.24, 2.45) is 4.99 Å². The van der Waals surface area contributed by atoms with E-state index in [1.807, 2.05) is 31.2 Å². The maximum Gasteiger partial charge on any atom is 0.247 e. The number of carbonyl (C=O) groups is 1. The van der Waals surface area contributed by atoms with Crippen LogP contribution in [0, 0.1) is 6.92 Å². The molecule has 164 valence electrons. The van der Waals surface area contributed by atoms with Gasteiger partial charge in [0, 0.05) is 12.8 Å². The van der Waals surface area contributed by atoms with Gasteiger partial charge >= 0.3 is 0 Å². The molecule has 0 saturated carbocycles. The molecule has 0 fully saturated rings. The molecule has 4 heteroatoms. The SMILES string of the molecule is CCCCCCCCCCCCCCNC(=O)C(CO)N=Cc1ccc(C)cc1. The number of nitrogens with one attached hydrogen (secondary N) is 1. The third-order valence-corrected chi connectivity index (χ3v) is 5.29. The number of aliphatic imine (C=N–C) groups is 1. The molecule has 1 aromatic carbocycles. The number of aliphatic hydroxyl groups excluding tert-OH is 1. The van der Waals surface area contributed by atoms with Crippen LogP contribution in [0.25, 0.3) is 0 Å². The summed E-state index contributed by atoms with van der Waals surface area (Å²) in [5.74, 6) is -0.195. The summed E-state index contributed by atoms with van der Waals surface area (Å²) in [6, 6.07) is 7.19. The van der Waals surface area contributed by atoms with Crippen LogP contribution < -0.4 is 5.32 Å². The van der Waals surface area contributed by atoms with Crippen molar-refractivity contribution in [1.29, 1.82) is 0 Å². The molecule has 2 N–H and O–H groups in total. The van der Waals surface area contributed by atoms with E-state index in [-0.39, 0.29) is 12.5 Å². The largest absolute Gasteiger partial charge is 0.394 e. The fraction of sp³-hybridized carbons (Fsp3) is 0.680. The van der Waals surface area contributed by atoms with E-state index in [2.05, 4.69) is 17.2 Å². The van der Waals surface area contributed by atoms with Crippen molar-refractivity contribution < 1.29 is 9.90 Å². The van der Waals surface area contributed by atoms with E-state index in [9.17, 15) is 9.90 Å². The van der Waals surface area contributed by atoms with Gasteiger partial charge in [0.05, 0.1) is 6.61 Å². The third-order valence-electron chi connectivity index (χ3n) is 5.29. The number of amides is 1. The van der Waals surface area contributed by atoms with E-state index in [0.29, 0.717) is 6.54 Å². The first-order chi connectivity index (χ1) is 14.2. The molecule has 4 nitrogen and oxygen atoms in total. The highest BCUT2D eigenvalue weighted by atomic mass is 16.3. The summed E-state index contributed by atoms with van der Waals surface area (Å²) in [4.78, 5) is 16.4. The highest BCUT2D eigenvalue weighted by molar-refractivity contribution is 5.86. The van der Waals surface area contributed by atoms with Crippen LogP contribution in [0.5, 0.6) is 0 Å². The van der Waals surface area contributed by atoms with Gasteiger partial charge in [-0.05, 0) is 18.9 Å². The first-order valence-corrected chi connectivity index (χ1v) is 11.7. The third kappa shape index (κ3) is 13.2. The zero-order valence-corrected chi connectivity index (χ0v) is 18.7. The van der Waals surface area contributed by atoms with Crippen LogP contribution in [0.4, 0.5) is 0 Å². The van der Waals surface area contributed by atoms with Gasteiger partial charge in [0.1, 0.15) is 0 Å². The van der Waals surface area contributed by atoms with Crippen LogP contribution in [-0.4, -0.2) is 36.4 Å². The lowest BCUT2D eigenvalue weighted by molar-refractivity contribution is -0.123. The predicted molar refractivity (Wildman–Crippen MR) is 124 cm³/mol. The van der Waals surface area contributed by atoms with Gasteiger partial charge in [0.15, 0.2) is 6.04 Å². The highest BCUT2D eigenvalue weighted by Gasteiger charge is 2.14. The van der Waals surface area contributed by atoms with E-state index in [1.54, 1.807) is 6.21 Å². The molecule has 0 radical (unpaired) electrons. The van der Waals surface area contributed by atoms with Gasteiger partial charge in [-0.1, -0.05) is 107 Å². The summed E-state index contributed by atoms with van der Waals surface area (Å²) in [7, 11) is 0. The van der Waals surface area contributed by atoms with Crippen molar-refractivity contribution in [1.82, 2.24) is 5.32 Å². The fourth-order valence-electron chi connectivity index (χ4n) is 3.32. The Bertz CT molecular complexity index is 554. The topological polar surface area (TPSA) is 61.7 Å². The Labute approximate surface area is 178 Å². The van der Waals surface area contributed by atoms with Crippen molar-refractivity contribution in [2.75, 3.05) is 13.2 Å². The first kappa shape index (κ1) is 25.4. The van der Waals surface area contributed by atoms with Crippen molar-refractivity contribution in [3.63, 3.8) is 0 Å². The molecule has 0 aliphatic heterocycles. The average molecular weight is 403 g/mol. The molecule has 0 bridgehead atoms. The zero-order valence-electron chi connectivity index (χ0n) is 18.7. The second kappa shape index (κ2) is 17.2. The van der Waals surface area contributed by atoms with Crippen LogP contribution >= 0.6 is 0 Å². The van der Waals surface area contributed by atoms with Gasteiger partial charge < -0.3 is 10.4 Å². The summed E-state index contributed by atoms with van der Waals surface area (Å²) in [5.41, 5.74) is 2.11.